The van der Waals surface area contributed by atoms with Gasteiger partial charge in [-0.3, -0.25) is 0 Å². The van der Waals surface area contributed by atoms with E-state index in [1.807, 2.05) is 0 Å². The predicted octanol–water partition coefficient (Wildman–Crippen LogP) is 3.08. The molecule has 0 saturated carbocycles. The van der Waals surface area contributed by atoms with Crippen LogP contribution >= 0.6 is 11.6 Å². The van der Waals surface area contributed by atoms with E-state index >= 15 is 0 Å². The summed E-state index contributed by atoms with van der Waals surface area (Å²) in [4.78, 5) is 11.3. The molecule has 2 aliphatic heterocycles. The summed E-state index contributed by atoms with van der Waals surface area (Å²) in [5.74, 6) is 0.216. The van der Waals surface area contributed by atoms with E-state index in [9.17, 15) is 5.11 Å². The molecule has 0 amide bonds. The summed E-state index contributed by atoms with van der Waals surface area (Å²) >= 11 is 5.91. The van der Waals surface area contributed by atoms with Crippen LogP contribution in [-0.2, 0) is 22.3 Å². The number of halogens is 1. The molecule has 3 aromatic rings. The molecule has 1 aromatic carbocycles. The zero-order valence-electron chi connectivity index (χ0n) is 17.7. The Balaban J connectivity index is 0.000000185. The maximum Gasteiger partial charge on any atom is 0.296 e. The number of nitrogens with zero attached hydrogens (tertiary/aromatic N) is 2. The van der Waals surface area contributed by atoms with E-state index in [2.05, 4.69) is 52.4 Å². The SMILES string of the molecule is C=C.Nc1nc2nc(O[C@@H]3CO[C@H]4[C@@H]3OC[C@H]4O)[nH]c2cc1Cl.c1ccc2c(c1)CCC2. The van der Waals surface area contributed by atoms with Crippen molar-refractivity contribution in [3.63, 3.8) is 0 Å². The van der Waals surface area contributed by atoms with Crippen LogP contribution in [-0.4, -0.2) is 57.7 Å². The van der Waals surface area contributed by atoms with Crippen molar-refractivity contribution in [2.75, 3.05) is 18.9 Å². The second-order valence-electron chi connectivity index (χ2n) is 7.71. The molecular weight excluding hydrogens is 432 g/mol. The highest BCUT2D eigenvalue weighted by Crippen LogP contribution is 2.30. The van der Waals surface area contributed by atoms with Crippen molar-refractivity contribution in [2.45, 2.75) is 43.7 Å². The number of aromatic nitrogens is 3. The summed E-state index contributed by atoms with van der Waals surface area (Å²) in [5.41, 5.74) is 9.83. The van der Waals surface area contributed by atoms with Gasteiger partial charge in [-0.25, -0.2) is 4.98 Å². The molecule has 9 heteroatoms. The Morgan fingerprint density at radius 2 is 1.78 bits per heavy atom. The number of fused-ring (bicyclic) bond motifs is 3. The van der Waals surface area contributed by atoms with Crippen molar-refractivity contribution < 1.29 is 19.3 Å². The van der Waals surface area contributed by atoms with E-state index in [0.29, 0.717) is 28.8 Å². The second-order valence-corrected chi connectivity index (χ2v) is 8.12. The molecule has 0 unspecified atom stereocenters. The number of aryl methyl sites for hydroxylation is 2. The van der Waals surface area contributed by atoms with Crippen molar-refractivity contribution in [1.29, 1.82) is 0 Å². The van der Waals surface area contributed by atoms with E-state index in [-0.39, 0.29) is 30.7 Å². The number of nitrogen functional groups attached to an aromatic ring is 1. The topological polar surface area (TPSA) is 116 Å². The summed E-state index contributed by atoms with van der Waals surface area (Å²) in [6.45, 7) is 6.59. The first-order chi connectivity index (χ1) is 15.6. The molecule has 4 N–H and O–H groups in total. The third-order valence-corrected chi connectivity index (χ3v) is 5.99. The first-order valence-electron chi connectivity index (χ1n) is 10.5. The summed E-state index contributed by atoms with van der Waals surface area (Å²) < 4.78 is 16.7. The first kappa shape index (κ1) is 22.5. The number of ether oxygens (including phenoxy) is 3. The fraction of sp³-hybridized carbons (Fsp3) is 0.391. The summed E-state index contributed by atoms with van der Waals surface area (Å²) in [5, 5.41) is 10.0. The molecule has 4 atom stereocenters. The maximum absolute atomic E-state index is 9.69. The van der Waals surface area contributed by atoms with Crippen LogP contribution in [0.2, 0.25) is 5.02 Å². The van der Waals surface area contributed by atoms with Gasteiger partial charge in [0.05, 0.1) is 23.8 Å². The lowest BCUT2D eigenvalue weighted by molar-refractivity contribution is 0.00706. The number of H-pyrrole nitrogens is 1. The number of pyridine rings is 1. The van der Waals surface area contributed by atoms with Gasteiger partial charge in [0.25, 0.3) is 6.01 Å². The molecule has 0 bridgehead atoms. The van der Waals surface area contributed by atoms with Crippen LogP contribution in [0.5, 0.6) is 6.01 Å². The minimum Gasteiger partial charge on any atom is -0.456 e. The van der Waals surface area contributed by atoms with Crippen LogP contribution in [0.4, 0.5) is 5.82 Å². The lowest BCUT2D eigenvalue weighted by atomic mass is 10.1. The number of aromatic amines is 1. The van der Waals surface area contributed by atoms with Crippen LogP contribution in [0.15, 0.2) is 43.5 Å². The third kappa shape index (κ3) is 4.59. The van der Waals surface area contributed by atoms with Gasteiger partial charge in [-0.1, -0.05) is 35.9 Å². The Labute approximate surface area is 191 Å². The quantitative estimate of drug-likeness (QED) is 0.505. The number of benzene rings is 1. The number of rotatable bonds is 2. The number of nitrogens with two attached hydrogens (primary N) is 1. The molecule has 4 heterocycles. The van der Waals surface area contributed by atoms with Crippen molar-refractivity contribution in [2.24, 2.45) is 0 Å². The largest absolute Gasteiger partial charge is 0.456 e. The van der Waals surface area contributed by atoms with Crippen LogP contribution in [0.25, 0.3) is 11.2 Å². The van der Waals surface area contributed by atoms with Gasteiger partial charge in [-0.2, -0.15) is 4.98 Å². The Morgan fingerprint density at radius 1 is 1.09 bits per heavy atom. The van der Waals surface area contributed by atoms with Gasteiger partial charge in [0.1, 0.15) is 24.1 Å². The highest BCUT2D eigenvalue weighted by atomic mass is 35.5. The van der Waals surface area contributed by atoms with Crippen molar-refractivity contribution in [3.05, 3.63) is 59.6 Å². The zero-order valence-corrected chi connectivity index (χ0v) is 18.4. The lowest BCUT2D eigenvalue weighted by Crippen LogP contribution is -2.34. The van der Waals surface area contributed by atoms with E-state index in [4.69, 9.17) is 31.5 Å². The molecule has 2 saturated heterocycles. The highest BCUT2D eigenvalue weighted by molar-refractivity contribution is 6.33. The highest BCUT2D eigenvalue weighted by Gasteiger charge is 2.48. The molecule has 0 spiro atoms. The monoisotopic (exact) mass is 458 g/mol. The summed E-state index contributed by atoms with van der Waals surface area (Å²) in [6.07, 6.45) is 2.38. The molecule has 8 nitrogen and oxygen atoms in total. The maximum atomic E-state index is 9.69. The molecule has 0 radical (unpaired) electrons. The van der Waals surface area contributed by atoms with Crippen molar-refractivity contribution in [3.8, 4) is 6.01 Å². The molecule has 1 aliphatic carbocycles. The van der Waals surface area contributed by atoms with Gasteiger partial charge < -0.3 is 30.0 Å². The molecule has 2 aromatic heterocycles. The average Bonchev–Trinajstić information content (AvgIpc) is 3.57. The van der Waals surface area contributed by atoms with Gasteiger partial charge in [0.2, 0.25) is 0 Å². The minimum atomic E-state index is -0.612. The summed E-state index contributed by atoms with van der Waals surface area (Å²) in [7, 11) is 0. The van der Waals surface area contributed by atoms with Gasteiger partial charge in [-0.15, -0.1) is 13.2 Å². The Bertz CT molecular complexity index is 1010. The van der Waals surface area contributed by atoms with Crippen LogP contribution in [0, 0.1) is 0 Å². The molecule has 3 aliphatic rings. The van der Waals surface area contributed by atoms with E-state index in [0.717, 1.165) is 0 Å². The number of anilines is 1. The van der Waals surface area contributed by atoms with E-state index in [1.54, 1.807) is 17.2 Å². The minimum absolute atomic E-state index is 0.216. The fourth-order valence-corrected chi connectivity index (χ4v) is 4.32. The Hall–Kier alpha value is -2.65. The zero-order chi connectivity index (χ0) is 22.7. The van der Waals surface area contributed by atoms with Crippen molar-refractivity contribution in [1.82, 2.24) is 15.0 Å². The molecule has 6 rings (SSSR count). The summed E-state index contributed by atoms with van der Waals surface area (Å²) in [6, 6.07) is 10.7. The molecule has 32 heavy (non-hydrogen) atoms. The molecule has 2 fully saturated rings. The van der Waals surface area contributed by atoms with Crippen LogP contribution in [0.3, 0.4) is 0 Å². The number of hydrogen-bond donors (Lipinski definition) is 3. The van der Waals surface area contributed by atoms with Gasteiger partial charge in [0, 0.05) is 0 Å². The Morgan fingerprint density at radius 3 is 2.50 bits per heavy atom. The predicted molar refractivity (Wildman–Crippen MR) is 123 cm³/mol. The van der Waals surface area contributed by atoms with Gasteiger partial charge >= 0.3 is 0 Å². The smallest absolute Gasteiger partial charge is 0.296 e. The van der Waals surface area contributed by atoms with Crippen LogP contribution < -0.4 is 10.5 Å². The molecule has 170 valence electrons. The normalized spacial score (nSPS) is 25.3. The number of imidazole rings is 1. The lowest BCUT2D eigenvalue weighted by Gasteiger charge is -2.15. The van der Waals surface area contributed by atoms with Gasteiger partial charge in [-0.05, 0) is 36.5 Å². The van der Waals surface area contributed by atoms with Crippen LogP contribution in [0.1, 0.15) is 17.5 Å². The average molecular weight is 459 g/mol. The fourth-order valence-electron chi connectivity index (χ4n) is 4.17. The Kier molecular flexibility index (Phi) is 6.95. The van der Waals surface area contributed by atoms with E-state index in [1.165, 1.54) is 19.3 Å². The van der Waals surface area contributed by atoms with Gasteiger partial charge in [0.15, 0.2) is 11.8 Å². The number of aliphatic hydroxyl groups is 1. The standard InChI is InChI=1S/C12H13ClN4O4.C9H10.C2H4/c13-4-1-5-11(16-10(4)14)17-12(15-5)21-7-3-20-8-6(18)2-19-9(7)8;1-2-5-9-7-3-6-8(9)4-1;1-2/h1,6-9,18H,2-3H2,(H3,14,15,16,17);1-2,4-5H,3,6-7H2;1-2H2/t6-,7-,8-,9-;;/m1../s1. The third-order valence-electron chi connectivity index (χ3n) is 5.69. The number of hydrogen-bond acceptors (Lipinski definition) is 7. The number of aliphatic hydroxyl groups excluding tert-OH is 1. The second kappa shape index (κ2) is 9.87. The van der Waals surface area contributed by atoms with E-state index < -0.39 is 6.10 Å². The number of nitrogens with one attached hydrogen (secondary N) is 1. The first-order valence-corrected chi connectivity index (χ1v) is 10.9. The molecular formula is C23H27ClN4O4. The van der Waals surface area contributed by atoms with Crippen molar-refractivity contribution >= 4 is 28.6 Å².